The Balaban J connectivity index is 1.61. The Kier molecular flexibility index (Phi) is 7.44. The van der Waals surface area contributed by atoms with Gasteiger partial charge in [-0.05, 0) is 30.1 Å². The van der Waals surface area contributed by atoms with Gasteiger partial charge in [0.1, 0.15) is 6.34 Å². The summed E-state index contributed by atoms with van der Waals surface area (Å²) >= 11 is 6.77. The minimum absolute atomic E-state index is 0.773. The zero-order valence-corrected chi connectivity index (χ0v) is 20.5. The van der Waals surface area contributed by atoms with Crippen LogP contribution in [0, 0.1) is 0 Å². The monoisotopic (exact) mass is 475 g/mol. The highest BCUT2D eigenvalue weighted by molar-refractivity contribution is 8.14. The molecule has 1 aromatic rings. The number of allylic oxidation sites excluding steroid dienone is 2. The van der Waals surface area contributed by atoms with Gasteiger partial charge in [0.15, 0.2) is 0 Å². The summed E-state index contributed by atoms with van der Waals surface area (Å²) in [6.45, 7) is 10.2. The Bertz CT molecular complexity index is 867. The van der Waals surface area contributed by atoms with Crippen LogP contribution in [-0.4, -0.2) is 93.2 Å². The molecular formula is C24H34N3O3PS. The van der Waals surface area contributed by atoms with Crippen molar-refractivity contribution in [2.75, 3.05) is 78.9 Å². The minimum atomic E-state index is -2.09. The van der Waals surface area contributed by atoms with Gasteiger partial charge in [0.25, 0.3) is 0 Å². The molecule has 0 radical (unpaired) electrons. The summed E-state index contributed by atoms with van der Waals surface area (Å²) in [4.78, 5) is 2.56. The first-order valence-corrected chi connectivity index (χ1v) is 14.6. The number of hydrogen-bond acceptors (Lipinski definition) is 5. The quantitative estimate of drug-likeness (QED) is 0.605. The van der Waals surface area contributed by atoms with Crippen molar-refractivity contribution in [1.29, 1.82) is 0 Å². The predicted octanol–water partition coefficient (Wildman–Crippen LogP) is 3.38. The van der Waals surface area contributed by atoms with E-state index in [1.807, 2.05) is 0 Å². The fourth-order valence-corrected chi connectivity index (χ4v) is 10.1. The number of morpholine rings is 3. The second kappa shape index (κ2) is 10.5. The van der Waals surface area contributed by atoms with Crippen LogP contribution in [-0.2, 0) is 26.0 Å². The lowest BCUT2D eigenvalue weighted by Crippen LogP contribution is -2.44. The van der Waals surface area contributed by atoms with E-state index in [-0.39, 0.29) is 0 Å². The van der Waals surface area contributed by atoms with Gasteiger partial charge >= 0.3 is 0 Å². The molecule has 0 unspecified atom stereocenters. The van der Waals surface area contributed by atoms with Crippen molar-refractivity contribution in [2.45, 2.75) is 12.8 Å². The average Bonchev–Trinajstić information content (AvgIpc) is 3.29. The maximum Gasteiger partial charge on any atom is 0.105 e. The minimum Gasteiger partial charge on any atom is -0.379 e. The molecule has 0 amide bonds. The number of rotatable bonds is 5. The lowest BCUT2D eigenvalue weighted by molar-refractivity contribution is 0.0539. The molecule has 0 N–H and O–H groups in total. The van der Waals surface area contributed by atoms with E-state index in [2.05, 4.69) is 50.6 Å². The van der Waals surface area contributed by atoms with E-state index in [4.69, 9.17) is 26.0 Å². The Morgan fingerprint density at radius 1 is 0.719 bits per heavy atom. The molecule has 5 rings (SSSR count). The average molecular weight is 476 g/mol. The molecule has 0 aromatic heterocycles. The maximum absolute atomic E-state index is 6.77. The van der Waals surface area contributed by atoms with Gasteiger partial charge in [0, 0.05) is 50.3 Å². The highest BCUT2D eigenvalue weighted by atomic mass is 32.4. The predicted molar refractivity (Wildman–Crippen MR) is 132 cm³/mol. The molecule has 174 valence electrons. The van der Waals surface area contributed by atoms with Gasteiger partial charge in [-0.1, -0.05) is 42.1 Å². The van der Waals surface area contributed by atoms with Crippen LogP contribution in [0.2, 0.25) is 0 Å². The van der Waals surface area contributed by atoms with Crippen LogP contribution < -0.4 is 0 Å². The lowest BCUT2D eigenvalue weighted by Gasteiger charge is -2.47. The first-order chi connectivity index (χ1) is 15.8. The SMILES string of the molecule is S=P(C1=C(N2CCOCC2)/C(=C/c2ccccc2)CC1)(N1CCOCC1)N1CCOCC1. The van der Waals surface area contributed by atoms with Crippen LogP contribution in [0.5, 0.6) is 0 Å². The Labute approximate surface area is 196 Å². The number of hydrogen-bond donors (Lipinski definition) is 0. The summed E-state index contributed by atoms with van der Waals surface area (Å²) in [6, 6.07) is 10.7. The van der Waals surface area contributed by atoms with Gasteiger partial charge in [-0.3, -0.25) is 9.34 Å². The summed E-state index contributed by atoms with van der Waals surface area (Å²) in [5, 5.41) is 1.50. The molecule has 6 nitrogen and oxygen atoms in total. The normalized spacial score (nSPS) is 25.6. The molecule has 1 aliphatic carbocycles. The smallest absolute Gasteiger partial charge is 0.105 e. The Hall–Kier alpha value is -1.05. The summed E-state index contributed by atoms with van der Waals surface area (Å²) in [6.07, 6.45) is 2.41. The number of ether oxygens (including phenoxy) is 3. The Morgan fingerprint density at radius 3 is 1.81 bits per heavy atom. The molecule has 1 aromatic carbocycles. The largest absolute Gasteiger partial charge is 0.379 e. The molecule has 32 heavy (non-hydrogen) atoms. The molecule has 0 spiro atoms. The van der Waals surface area contributed by atoms with E-state index in [0.29, 0.717) is 0 Å². The van der Waals surface area contributed by atoms with Crippen molar-refractivity contribution in [2.24, 2.45) is 0 Å². The highest BCUT2D eigenvalue weighted by Crippen LogP contribution is 2.66. The summed E-state index contributed by atoms with van der Waals surface area (Å²) < 4.78 is 22.3. The lowest BCUT2D eigenvalue weighted by atomic mass is 10.1. The first kappa shape index (κ1) is 22.7. The van der Waals surface area contributed by atoms with Gasteiger partial charge < -0.3 is 19.1 Å². The van der Waals surface area contributed by atoms with Crippen LogP contribution in [0.4, 0.5) is 0 Å². The molecule has 3 saturated heterocycles. The molecule has 8 heteroatoms. The molecular weight excluding hydrogens is 441 g/mol. The second-order valence-electron chi connectivity index (χ2n) is 8.65. The van der Waals surface area contributed by atoms with Gasteiger partial charge in [0.05, 0.1) is 39.6 Å². The summed E-state index contributed by atoms with van der Waals surface area (Å²) in [5.74, 6) is 0. The topological polar surface area (TPSA) is 37.4 Å². The standard InChI is InChI=1S/C24H34N3O3PS/c32-31(26-10-16-29-17-11-26,27-12-18-30-19-13-27)23-7-6-22(20-21-4-2-1-3-5-21)24(23)25-8-14-28-15-9-25/h1-5,20H,6-19H2/b22-20+. The molecule has 0 saturated carbocycles. The van der Waals surface area contributed by atoms with E-state index < -0.39 is 6.34 Å². The maximum atomic E-state index is 6.77. The van der Waals surface area contributed by atoms with Crippen molar-refractivity contribution in [3.8, 4) is 0 Å². The molecule has 3 heterocycles. The molecule has 0 atom stereocenters. The van der Waals surface area contributed by atoms with E-state index in [1.165, 1.54) is 22.1 Å². The second-order valence-corrected chi connectivity index (χ2v) is 12.9. The molecule has 0 bridgehead atoms. The van der Waals surface area contributed by atoms with Crippen LogP contribution in [0.25, 0.3) is 6.08 Å². The van der Waals surface area contributed by atoms with Crippen molar-refractivity contribution in [1.82, 2.24) is 14.2 Å². The number of benzene rings is 1. The third-order valence-corrected chi connectivity index (χ3v) is 12.3. The van der Waals surface area contributed by atoms with Gasteiger partial charge in [0.2, 0.25) is 0 Å². The van der Waals surface area contributed by atoms with E-state index in [1.54, 1.807) is 0 Å². The van der Waals surface area contributed by atoms with Crippen LogP contribution in [0.3, 0.4) is 0 Å². The zero-order chi connectivity index (χ0) is 21.8. The fourth-order valence-electron chi connectivity index (χ4n) is 5.19. The third kappa shape index (κ3) is 4.62. The zero-order valence-electron chi connectivity index (χ0n) is 18.8. The van der Waals surface area contributed by atoms with Gasteiger partial charge in [-0.15, -0.1) is 0 Å². The van der Waals surface area contributed by atoms with Crippen LogP contribution >= 0.6 is 6.34 Å². The highest BCUT2D eigenvalue weighted by Gasteiger charge is 2.42. The third-order valence-electron chi connectivity index (χ3n) is 6.77. The Morgan fingerprint density at radius 2 is 1.25 bits per heavy atom. The summed E-state index contributed by atoms with van der Waals surface area (Å²) in [5.41, 5.74) is 4.11. The van der Waals surface area contributed by atoms with E-state index in [9.17, 15) is 0 Å². The molecule has 4 aliphatic rings. The van der Waals surface area contributed by atoms with E-state index in [0.717, 1.165) is 91.8 Å². The van der Waals surface area contributed by atoms with Gasteiger partial charge in [-0.2, -0.15) is 0 Å². The molecule has 3 fully saturated rings. The van der Waals surface area contributed by atoms with Gasteiger partial charge in [-0.25, -0.2) is 0 Å². The number of nitrogens with zero attached hydrogens (tertiary/aromatic N) is 3. The van der Waals surface area contributed by atoms with Crippen LogP contribution in [0.1, 0.15) is 18.4 Å². The van der Waals surface area contributed by atoms with Crippen molar-refractivity contribution < 1.29 is 14.2 Å². The van der Waals surface area contributed by atoms with Crippen LogP contribution in [0.15, 0.2) is 46.9 Å². The van der Waals surface area contributed by atoms with Crippen molar-refractivity contribution in [3.63, 3.8) is 0 Å². The summed E-state index contributed by atoms with van der Waals surface area (Å²) in [7, 11) is 0. The van der Waals surface area contributed by atoms with E-state index >= 15 is 0 Å². The first-order valence-electron chi connectivity index (χ1n) is 11.9. The fraction of sp³-hybridized carbons (Fsp3) is 0.583. The van der Waals surface area contributed by atoms with Crippen molar-refractivity contribution >= 4 is 24.2 Å². The molecule has 3 aliphatic heterocycles. The van der Waals surface area contributed by atoms with Crippen molar-refractivity contribution in [3.05, 3.63) is 52.5 Å².